The van der Waals surface area contributed by atoms with E-state index >= 15 is 0 Å². The number of nitrogens with two attached hydrogens (primary N) is 1. The van der Waals surface area contributed by atoms with Gasteiger partial charge in [-0.3, -0.25) is 9.00 Å². The number of aryl methyl sites for hydroxylation is 1. The van der Waals surface area contributed by atoms with E-state index < -0.39 is 22.5 Å². The third-order valence-corrected chi connectivity index (χ3v) is 4.16. The van der Waals surface area contributed by atoms with Crippen molar-refractivity contribution in [1.82, 2.24) is 0 Å². The number of hydrogen-bond acceptors (Lipinski definition) is 3. The van der Waals surface area contributed by atoms with Crippen molar-refractivity contribution < 1.29 is 13.4 Å². The second-order valence-electron chi connectivity index (χ2n) is 4.58. The van der Waals surface area contributed by atoms with Crippen LogP contribution in [0.25, 0.3) is 0 Å². The van der Waals surface area contributed by atoms with Gasteiger partial charge in [0.05, 0.1) is 22.2 Å². The van der Waals surface area contributed by atoms with E-state index in [4.69, 9.17) is 5.73 Å². The summed E-state index contributed by atoms with van der Waals surface area (Å²) in [6, 6.07) is 10.8. The Bertz CT molecular complexity index is 687. The first kappa shape index (κ1) is 15.2. The molecule has 0 aliphatic carbocycles. The molecule has 110 valence electrons. The van der Waals surface area contributed by atoms with E-state index in [0.717, 1.165) is 11.6 Å². The number of anilines is 2. The highest BCUT2D eigenvalue weighted by Crippen LogP contribution is 2.19. The molecule has 21 heavy (non-hydrogen) atoms. The summed E-state index contributed by atoms with van der Waals surface area (Å²) < 4.78 is 25.0. The predicted octanol–water partition coefficient (Wildman–Crippen LogP) is 2.46. The monoisotopic (exact) mass is 306 g/mol. The number of nitrogens with one attached hydrogen (secondary N) is 1. The largest absolute Gasteiger partial charge is 0.397 e. The number of hydrogen-bond donors (Lipinski definition) is 2. The molecule has 2 aromatic rings. The zero-order chi connectivity index (χ0) is 15.4. The highest BCUT2D eigenvalue weighted by atomic mass is 32.2. The summed E-state index contributed by atoms with van der Waals surface area (Å²) in [5.41, 5.74) is 7.09. The first-order valence-electron chi connectivity index (χ1n) is 6.25. The molecule has 0 aliphatic heterocycles. The Morgan fingerprint density at radius 1 is 1.24 bits per heavy atom. The third-order valence-electron chi connectivity index (χ3n) is 2.83. The molecule has 0 aliphatic rings. The minimum atomic E-state index is -1.43. The lowest BCUT2D eigenvalue weighted by Gasteiger charge is -2.08. The van der Waals surface area contributed by atoms with Crippen LogP contribution in [0, 0.1) is 12.7 Å². The zero-order valence-corrected chi connectivity index (χ0v) is 12.2. The Balaban J connectivity index is 2.01. The molecule has 1 unspecified atom stereocenters. The average molecular weight is 306 g/mol. The summed E-state index contributed by atoms with van der Waals surface area (Å²) in [7, 11) is -1.43. The van der Waals surface area contributed by atoms with Gasteiger partial charge >= 0.3 is 0 Å². The van der Waals surface area contributed by atoms with Gasteiger partial charge in [0.15, 0.2) is 0 Å². The van der Waals surface area contributed by atoms with E-state index in [-0.39, 0.29) is 11.4 Å². The van der Waals surface area contributed by atoms with E-state index in [0.29, 0.717) is 10.6 Å². The van der Waals surface area contributed by atoms with E-state index in [1.54, 1.807) is 12.1 Å². The third kappa shape index (κ3) is 4.13. The van der Waals surface area contributed by atoms with Crippen LogP contribution in [0.15, 0.2) is 47.4 Å². The second kappa shape index (κ2) is 6.49. The molecule has 1 atom stereocenters. The Morgan fingerprint density at radius 3 is 2.52 bits per heavy atom. The van der Waals surface area contributed by atoms with Crippen molar-refractivity contribution >= 4 is 28.1 Å². The van der Waals surface area contributed by atoms with Gasteiger partial charge in [-0.25, -0.2) is 4.39 Å². The predicted molar refractivity (Wildman–Crippen MR) is 81.9 cm³/mol. The minimum Gasteiger partial charge on any atom is -0.397 e. The molecule has 3 N–H and O–H groups in total. The molecule has 0 spiro atoms. The van der Waals surface area contributed by atoms with Crippen molar-refractivity contribution in [3.63, 3.8) is 0 Å². The Hall–Kier alpha value is -2.21. The summed E-state index contributed by atoms with van der Waals surface area (Å²) in [4.78, 5) is 12.4. The molecule has 0 aromatic heterocycles. The summed E-state index contributed by atoms with van der Waals surface area (Å²) >= 11 is 0. The molecule has 0 saturated heterocycles. The summed E-state index contributed by atoms with van der Waals surface area (Å²) in [5, 5.41) is 2.53. The van der Waals surface area contributed by atoms with Gasteiger partial charge < -0.3 is 11.1 Å². The van der Waals surface area contributed by atoms with Crippen LogP contribution in [0.2, 0.25) is 0 Å². The topological polar surface area (TPSA) is 72.2 Å². The number of nitrogen functional groups attached to an aromatic ring is 1. The lowest BCUT2D eigenvalue weighted by molar-refractivity contribution is -0.113. The number of carbonyl (C=O) groups excluding carboxylic acids is 1. The normalized spacial score (nSPS) is 11.9. The van der Waals surface area contributed by atoms with Crippen molar-refractivity contribution in [3.05, 3.63) is 53.8 Å². The Kier molecular flexibility index (Phi) is 4.70. The average Bonchev–Trinajstić information content (AvgIpc) is 2.42. The number of carbonyl (C=O) groups is 1. The first-order chi connectivity index (χ1) is 9.95. The molecule has 2 rings (SSSR count). The van der Waals surface area contributed by atoms with Crippen LogP contribution >= 0.6 is 0 Å². The number of benzene rings is 2. The summed E-state index contributed by atoms with van der Waals surface area (Å²) in [5.74, 6) is -1.10. The van der Waals surface area contributed by atoms with Crippen molar-refractivity contribution in [2.45, 2.75) is 11.8 Å². The minimum absolute atomic E-state index is 0.129. The van der Waals surface area contributed by atoms with Gasteiger partial charge in [0, 0.05) is 4.90 Å². The number of rotatable bonds is 4. The SMILES string of the molecule is Cc1ccc(S(=O)CC(=O)Nc2ccc(F)cc2N)cc1. The number of amides is 1. The van der Waals surface area contributed by atoms with Gasteiger partial charge in [-0.2, -0.15) is 0 Å². The molecule has 4 nitrogen and oxygen atoms in total. The molecule has 6 heteroatoms. The van der Waals surface area contributed by atoms with Crippen LogP contribution < -0.4 is 11.1 Å². The first-order valence-corrected chi connectivity index (χ1v) is 7.57. The van der Waals surface area contributed by atoms with Crippen LogP contribution in [-0.2, 0) is 15.6 Å². The lowest BCUT2D eigenvalue weighted by atomic mass is 10.2. The Labute approximate surface area is 124 Å². The van der Waals surface area contributed by atoms with Gasteiger partial charge in [-0.05, 0) is 37.3 Å². The quantitative estimate of drug-likeness (QED) is 0.852. The summed E-state index contributed by atoms with van der Waals surface area (Å²) in [6.45, 7) is 1.93. The van der Waals surface area contributed by atoms with Crippen LogP contribution in [0.3, 0.4) is 0 Å². The van der Waals surface area contributed by atoms with Gasteiger partial charge in [0.25, 0.3) is 0 Å². The fraction of sp³-hybridized carbons (Fsp3) is 0.133. The molecule has 2 aromatic carbocycles. The highest BCUT2D eigenvalue weighted by molar-refractivity contribution is 7.85. The van der Waals surface area contributed by atoms with Gasteiger partial charge in [0.2, 0.25) is 5.91 Å². The standard InChI is InChI=1S/C15H15FN2O2S/c1-10-2-5-12(6-3-10)21(20)9-15(19)18-14-7-4-11(16)8-13(14)17/h2-8H,9,17H2,1H3,(H,18,19). The smallest absolute Gasteiger partial charge is 0.237 e. The van der Waals surface area contributed by atoms with Gasteiger partial charge in [0.1, 0.15) is 11.6 Å². The van der Waals surface area contributed by atoms with Gasteiger partial charge in [-0.15, -0.1) is 0 Å². The van der Waals surface area contributed by atoms with Crippen LogP contribution in [0.4, 0.5) is 15.8 Å². The van der Waals surface area contributed by atoms with E-state index in [1.807, 2.05) is 19.1 Å². The van der Waals surface area contributed by atoms with E-state index in [1.165, 1.54) is 12.1 Å². The molecule has 0 heterocycles. The molecule has 0 bridgehead atoms. The van der Waals surface area contributed by atoms with E-state index in [9.17, 15) is 13.4 Å². The maximum Gasteiger partial charge on any atom is 0.237 e. The Morgan fingerprint density at radius 2 is 1.90 bits per heavy atom. The van der Waals surface area contributed by atoms with E-state index in [2.05, 4.69) is 5.32 Å². The molecule has 0 radical (unpaired) electrons. The molecular weight excluding hydrogens is 291 g/mol. The molecule has 0 saturated carbocycles. The maximum atomic E-state index is 12.9. The highest BCUT2D eigenvalue weighted by Gasteiger charge is 2.12. The molecular formula is C15H15FN2O2S. The van der Waals surface area contributed by atoms with Crippen LogP contribution in [-0.4, -0.2) is 15.9 Å². The van der Waals surface area contributed by atoms with Crippen molar-refractivity contribution in [3.8, 4) is 0 Å². The fourth-order valence-electron chi connectivity index (χ4n) is 1.73. The van der Waals surface area contributed by atoms with Crippen LogP contribution in [0.5, 0.6) is 0 Å². The second-order valence-corrected chi connectivity index (χ2v) is 6.03. The number of halogens is 1. The van der Waals surface area contributed by atoms with Gasteiger partial charge in [-0.1, -0.05) is 17.7 Å². The molecule has 1 amide bonds. The lowest BCUT2D eigenvalue weighted by Crippen LogP contribution is -2.20. The van der Waals surface area contributed by atoms with Crippen molar-refractivity contribution in [2.24, 2.45) is 0 Å². The molecule has 0 fully saturated rings. The zero-order valence-electron chi connectivity index (χ0n) is 11.4. The van der Waals surface area contributed by atoms with Crippen LogP contribution in [0.1, 0.15) is 5.56 Å². The summed E-state index contributed by atoms with van der Waals surface area (Å²) in [6.07, 6.45) is 0. The fourth-order valence-corrected chi connectivity index (χ4v) is 2.64. The van der Waals surface area contributed by atoms with Crippen molar-refractivity contribution in [2.75, 3.05) is 16.8 Å². The maximum absolute atomic E-state index is 12.9. The van der Waals surface area contributed by atoms with Crippen molar-refractivity contribution in [1.29, 1.82) is 0 Å².